The van der Waals surface area contributed by atoms with Crippen LogP contribution in [0, 0.1) is 0 Å². The first kappa shape index (κ1) is 13.6. The van der Waals surface area contributed by atoms with Gasteiger partial charge in [-0.05, 0) is 40.2 Å². The summed E-state index contributed by atoms with van der Waals surface area (Å²) in [6, 6.07) is 10.2. The van der Waals surface area contributed by atoms with Crippen LogP contribution in [-0.2, 0) is 0 Å². The third kappa shape index (κ3) is 3.84. The fourth-order valence-corrected chi connectivity index (χ4v) is 1.88. The molecule has 1 aromatic heterocycles. The number of benzene rings is 1. The summed E-state index contributed by atoms with van der Waals surface area (Å²) in [5.74, 6) is 0.418. The number of carbonyl (C=O) groups excluding carboxylic acids is 1. The largest absolute Gasteiger partial charge is 0.467 e. The summed E-state index contributed by atoms with van der Waals surface area (Å²) in [5, 5.41) is 15.0. The summed E-state index contributed by atoms with van der Waals surface area (Å²) in [4.78, 5) is 11.7. The monoisotopic (exact) mass is 324 g/mol. The van der Waals surface area contributed by atoms with Gasteiger partial charge in [-0.25, -0.2) is 4.79 Å². The minimum Gasteiger partial charge on any atom is -0.467 e. The van der Waals surface area contributed by atoms with E-state index in [1.807, 2.05) is 18.2 Å². The number of anilines is 1. The van der Waals surface area contributed by atoms with Gasteiger partial charge in [0.2, 0.25) is 0 Å². The van der Waals surface area contributed by atoms with E-state index >= 15 is 0 Å². The smallest absolute Gasteiger partial charge is 0.319 e. The van der Waals surface area contributed by atoms with E-state index in [-0.39, 0.29) is 6.54 Å². The maximum atomic E-state index is 11.7. The Balaban J connectivity index is 1.84. The molecule has 0 saturated heterocycles. The predicted octanol–water partition coefficient (Wildman–Crippen LogP) is 2.90. The number of rotatable bonds is 4. The molecular formula is C13H13BrN2O3. The van der Waals surface area contributed by atoms with Crippen LogP contribution in [0.25, 0.3) is 0 Å². The Morgan fingerprint density at radius 2 is 2.11 bits per heavy atom. The van der Waals surface area contributed by atoms with Gasteiger partial charge in [-0.3, -0.25) is 0 Å². The Morgan fingerprint density at radius 1 is 1.32 bits per heavy atom. The van der Waals surface area contributed by atoms with E-state index in [0.717, 1.165) is 4.47 Å². The normalized spacial score (nSPS) is 11.9. The van der Waals surface area contributed by atoms with E-state index in [4.69, 9.17) is 4.42 Å². The SMILES string of the molecule is O=C(NCC(O)c1ccco1)Nc1ccccc1Br. The molecule has 0 aliphatic carbocycles. The molecule has 0 radical (unpaired) electrons. The van der Waals surface area contributed by atoms with Crippen LogP contribution in [0.3, 0.4) is 0 Å². The van der Waals surface area contributed by atoms with Crippen molar-refractivity contribution in [3.8, 4) is 0 Å². The van der Waals surface area contributed by atoms with Crippen molar-refractivity contribution < 1.29 is 14.3 Å². The van der Waals surface area contributed by atoms with Gasteiger partial charge in [0.1, 0.15) is 11.9 Å². The zero-order valence-electron chi connectivity index (χ0n) is 9.97. The van der Waals surface area contributed by atoms with Crippen molar-refractivity contribution in [2.45, 2.75) is 6.10 Å². The molecule has 0 bridgehead atoms. The van der Waals surface area contributed by atoms with Gasteiger partial charge in [0.25, 0.3) is 0 Å². The molecule has 0 spiro atoms. The molecule has 0 aliphatic rings. The number of hydrogen-bond donors (Lipinski definition) is 3. The van der Waals surface area contributed by atoms with E-state index in [0.29, 0.717) is 11.4 Å². The van der Waals surface area contributed by atoms with Gasteiger partial charge in [0, 0.05) is 4.47 Å². The van der Waals surface area contributed by atoms with Crippen molar-refractivity contribution in [1.82, 2.24) is 5.32 Å². The van der Waals surface area contributed by atoms with Gasteiger partial charge in [-0.15, -0.1) is 0 Å². The molecule has 2 aromatic rings. The third-order valence-electron chi connectivity index (χ3n) is 2.45. The number of halogens is 1. The highest BCUT2D eigenvalue weighted by Crippen LogP contribution is 2.21. The molecule has 5 nitrogen and oxygen atoms in total. The Morgan fingerprint density at radius 3 is 2.79 bits per heavy atom. The maximum absolute atomic E-state index is 11.7. The minimum atomic E-state index is -0.861. The van der Waals surface area contributed by atoms with Gasteiger partial charge in [-0.1, -0.05) is 12.1 Å². The summed E-state index contributed by atoms with van der Waals surface area (Å²) in [6.07, 6.45) is 0.611. The Hall–Kier alpha value is -1.79. The number of aliphatic hydroxyl groups excluding tert-OH is 1. The zero-order chi connectivity index (χ0) is 13.7. The lowest BCUT2D eigenvalue weighted by Gasteiger charge is -2.11. The van der Waals surface area contributed by atoms with Crippen LogP contribution in [0.5, 0.6) is 0 Å². The number of furan rings is 1. The molecule has 1 atom stereocenters. The molecule has 2 rings (SSSR count). The molecule has 6 heteroatoms. The lowest BCUT2D eigenvalue weighted by molar-refractivity contribution is 0.149. The van der Waals surface area contributed by atoms with E-state index in [1.54, 1.807) is 18.2 Å². The summed E-state index contributed by atoms with van der Waals surface area (Å²) >= 11 is 3.33. The van der Waals surface area contributed by atoms with Gasteiger partial charge in [-0.2, -0.15) is 0 Å². The van der Waals surface area contributed by atoms with E-state index in [2.05, 4.69) is 26.6 Å². The van der Waals surface area contributed by atoms with E-state index < -0.39 is 12.1 Å². The molecule has 0 aliphatic heterocycles. The fraction of sp³-hybridized carbons (Fsp3) is 0.154. The fourth-order valence-electron chi connectivity index (χ4n) is 1.50. The van der Waals surface area contributed by atoms with Crippen molar-refractivity contribution in [1.29, 1.82) is 0 Å². The summed E-state index contributed by atoms with van der Waals surface area (Å²) in [6.45, 7) is 0.0732. The van der Waals surface area contributed by atoms with E-state index in [9.17, 15) is 9.90 Å². The highest BCUT2D eigenvalue weighted by atomic mass is 79.9. The number of aliphatic hydroxyl groups is 1. The van der Waals surface area contributed by atoms with Gasteiger partial charge in [0.15, 0.2) is 0 Å². The average molecular weight is 325 g/mol. The number of nitrogens with one attached hydrogen (secondary N) is 2. The lowest BCUT2D eigenvalue weighted by Crippen LogP contribution is -2.32. The molecule has 0 saturated carbocycles. The molecule has 2 amide bonds. The second kappa shape index (κ2) is 6.40. The van der Waals surface area contributed by atoms with Crippen molar-refractivity contribution in [2.75, 3.05) is 11.9 Å². The lowest BCUT2D eigenvalue weighted by atomic mass is 10.3. The molecule has 1 unspecified atom stereocenters. The topological polar surface area (TPSA) is 74.5 Å². The van der Waals surface area contributed by atoms with Crippen LogP contribution in [0.2, 0.25) is 0 Å². The Kier molecular flexibility index (Phi) is 4.59. The molecule has 1 heterocycles. The van der Waals surface area contributed by atoms with Crippen LogP contribution in [0.4, 0.5) is 10.5 Å². The molecule has 0 fully saturated rings. The highest BCUT2D eigenvalue weighted by Gasteiger charge is 2.12. The van der Waals surface area contributed by atoms with Gasteiger partial charge < -0.3 is 20.2 Å². The Bertz CT molecular complexity index is 543. The first-order valence-electron chi connectivity index (χ1n) is 5.67. The molecule has 100 valence electrons. The number of para-hydroxylation sites is 1. The average Bonchev–Trinajstić information content (AvgIpc) is 2.93. The first-order chi connectivity index (χ1) is 9.16. The summed E-state index contributed by atoms with van der Waals surface area (Å²) < 4.78 is 5.82. The predicted molar refractivity (Wildman–Crippen MR) is 74.8 cm³/mol. The van der Waals surface area contributed by atoms with Crippen molar-refractivity contribution in [2.24, 2.45) is 0 Å². The van der Waals surface area contributed by atoms with Crippen LogP contribution >= 0.6 is 15.9 Å². The van der Waals surface area contributed by atoms with Crippen molar-refractivity contribution in [3.05, 3.63) is 52.9 Å². The maximum Gasteiger partial charge on any atom is 0.319 e. The number of amides is 2. The van der Waals surface area contributed by atoms with Gasteiger partial charge in [0.05, 0.1) is 18.5 Å². The molecule has 3 N–H and O–H groups in total. The third-order valence-corrected chi connectivity index (χ3v) is 3.14. The van der Waals surface area contributed by atoms with Crippen LogP contribution in [0.1, 0.15) is 11.9 Å². The summed E-state index contributed by atoms with van der Waals surface area (Å²) in [7, 11) is 0. The zero-order valence-corrected chi connectivity index (χ0v) is 11.6. The van der Waals surface area contributed by atoms with Crippen molar-refractivity contribution >= 4 is 27.6 Å². The number of urea groups is 1. The van der Waals surface area contributed by atoms with Crippen molar-refractivity contribution in [3.63, 3.8) is 0 Å². The molecule has 19 heavy (non-hydrogen) atoms. The number of hydrogen-bond acceptors (Lipinski definition) is 3. The standard InChI is InChI=1S/C13H13BrN2O3/c14-9-4-1-2-5-10(9)16-13(18)15-8-11(17)12-6-3-7-19-12/h1-7,11,17H,8H2,(H2,15,16,18). The second-order valence-electron chi connectivity index (χ2n) is 3.85. The van der Waals surface area contributed by atoms with E-state index in [1.165, 1.54) is 6.26 Å². The highest BCUT2D eigenvalue weighted by molar-refractivity contribution is 9.10. The second-order valence-corrected chi connectivity index (χ2v) is 4.70. The number of carbonyl (C=O) groups is 1. The summed E-state index contributed by atoms with van der Waals surface area (Å²) in [5.41, 5.74) is 0.660. The van der Waals surface area contributed by atoms with Gasteiger partial charge >= 0.3 is 6.03 Å². The van der Waals surface area contributed by atoms with Crippen LogP contribution in [-0.4, -0.2) is 17.7 Å². The van der Waals surface area contributed by atoms with Crippen LogP contribution in [0.15, 0.2) is 51.6 Å². The van der Waals surface area contributed by atoms with Crippen LogP contribution < -0.4 is 10.6 Å². The first-order valence-corrected chi connectivity index (χ1v) is 6.47. The minimum absolute atomic E-state index is 0.0732. The molecule has 1 aromatic carbocycles. The quantitative estimate of drug-likeness (QED) is 0.809. The Labute approximate surface area is 118 Å². The molecular weight excluding hydrogens is 312 g/mol.